The van der Waals surface area contributed by atoms with Crippen molar-refractivity contribution in [1.29, 1.82) is 0 Å². The molecule has 0 heterocycles. The van der Waals surface area contributed by atoms with Gasteiger partial charge in [0.2, 0.25) is 0 Å². The van der Waals surface area contributed by atoms with Crippen molar-refractivity contribution in [1.82, 2.24) is 5.32 Å². The first kappa shape index (κ1) is 22.1. The Labute approximate surface area is 141 Å². The summed E-state index contributed by atoms with van der Waals surface area (Å²) in [5.41, 5.74) is -1.23. The molecular formula is C18H25F4NO. The van der Waals surface area contributed by atoms with E-state index >= 15 is 0 Å². The number of alkyl halides is 3. The Morgan fingerprint density at radius 1 is 1.04 bits per heavy atom. The van der Waals surface area contributed by atoms with E-state index in [0.717, 1.165) is 31.3 Å². The Morgan fingerprint density at radius 3 is 1.92 bits per heavy atom. The summed E-state index contributed by atoms with van der Waals surface area (Å²) in [7, 11) is 1.10. The molecule has 0 unspecified atom stereocenters. The molecule has 0 radical (unpaired) electrons. The van der Waals surface area contributed by atoms with E-state index in [-0.39, 0.29) is 5.56 Å². The second kappa shape index (κ2) is 11.6. The molecule has 2 nitrogen and oxygen atoms in total. The zero-order valence-electron chi connectivity index (χ0n) is 14.3. The van der Waals surface area contributed by atoms with Gasteiger partial charge >= 0.3 is 6.18 Å². The third kappa shape index (κ3) is 9.33. The maximum atomic E-state index is 12.6. The zero-order chi connectivity index (χ0) is 18.6. The van der Waals surface area contributed by atoms with Crippen molar-refractivity contribution < 1.29 is 22.4 Å². The van der Waals surface area contributed by atoms with Crippen molar-refractivity contribution in [3.05, 3.63) is 41.2 Å². The Balaban J connectivity index is 0.000000640. The summed E-state index contributed by atoms with van der Waals surface area (Å²) < 4.78 is 50.1. The Bertz CT molecular complexity index is 503. The molecule has 0 saturated carbocycles. The van der Waals surface area contributed by atoms with Gasteiger partial charge in [-0.2, -0.15) is 13.2 Å². The molecule has 24 heavy (non-hydrogen) atoms. The molecule has 0 spiro atoms. The van der Waals surface area contributed by atoms with Gasteiger partial charge in [-0.05, 0) is 23.8 Å². The van der Waals surface area contributed by atoms with Gasteiger partial charge in [-0.3, -0.25) is 4.79 Å². The van der Waals surface area contributed by atoms with Crippen LogP contribution in [0.2, 0.25) is 0 Å². The van der Waals surface area contributed by atoms with Gasteiger partial charge in [0.25, 0.3) is 5.91 Å². The highest BCUT2D eigenvalue weighted by atomic mass is 19.4. The summed E-state index contributed by atoms with van der Waals surface area (Å²) >= 11 is 0. The maximum absolute atomic E-state index is 12.6. The van der Waals surface area contributed by atoms with Crippen LogP contribution in [-0.2, 0) is 4.79 Å². The summed E-state index contributed by atoms with van der Waals surface area (Å²) in [5.74, 6) is -1.79. The number of benzene rings is 1. The molecule has 0 aliphatic heterocycles. The largest absolute Gasteiger partial charge is 0.421 e. The van der Waals surface area contributed by atoms with Crippen LogP contribution in [0.1, 0.15) is 51.5 Å². The van der Waals surface area contributed by atoms with Crippen molar-refractivity contribution >= 4 is 12.0 Å². The highest BCUT2D eigenvalue weighted by Crippen LogP contribution is 2.27. The minimum atomic E-state index is -4.76. The summed E-state index contributed by atoms with van der Waals surface area (Å²) in [6.45, 7) is 4.49. The smallest absolute Gasteiger partial charge is 0.355 e. The lowest BCUT2D eigenvalue weighted by Crippen LogP contribution is -2.28. The molecule has 0 aliphatic carbocycles. The average molecular weight is 347 g/mol. The van der Waals surface area contributed by atoms with E-state index in [1.807, 2.05) is 5.32 Å². The van der Waals surface area contributed by atoms with Gasteiger partial charge < -0.3 is 5.32 Å². The van der Waals surface area contributed by atoms with Crippen molar-refractivity contribution in [2.45, 2.75) is 52.1 Å². The van der Waals surface area contributed by atoms with Gasteiger partial charge in [-0.15, -0.1) is 0 Å². The molecule has 0 atom stereocenters. The third-order valence-electron chi connectivity index (χ3n) is 3.17. The summed E-state index contributed by atoms with van der Waals surface area (Å²) in [6.07, 6.45) is 2.92. The summed E-state index contributed by atoms with van der Waals surface area (Å²) in [6, 6.07) is 4.35. The first-order valence-electron chi connectivity index (χ1n) is 8.02. The van der Waals surface area contributed by atoms with E-state index in [4.69, 9.17) is 0 Å². The first-order valence-corrected chi connectivity index (χ1v) is 8.02. The maximum Gasteiger partial charge on any atom is 0.421 e. The quantitative estimate of drug-likeness (QED) is 0.411. The highest BCUT2D eigenvalue weighted by Gasteiger charge is 2.38. The normalized spacial score (nSPS) is 11.5. The molecule has 6 heteroatoms. The number of carbonyl (C=O) groups excluding carboxylic acids is 1. The molecule has 136 valence electrons. The molecule has 1 N–H and O–H groups in total. The standard InChI is InChI=1S/C11H9F4NO.C7H16/c1-16-10(17)9(11(13,14)15)6-7-2-4-8(12)5-3-7;1-3-5-7-6-4-2/h2-6H,1H3,(H,16,17);3-7H2,1-2H3/b9-6-;. The second-order valence-corrected chi connectivity index (χ2v) is 5.25. The lowest BCUT2D eigenvalue weighted by atomic mass is 10.1. The summed E-state index contributed by atoms with van der Waals surface area (Å²) in [5, 5.41) is 1.90. The number of hydrogen-bond acceptors (Lipinski definition) is 1. The molecule has 1 amide bonds. The van der Waals surface area contributed by atoms with Gasteiger partial charge in [-0.1, -0.05) is 58.1 Å². The van der Waals surface area contributed by atoms with E-state index < -0.39 is 23.5 Å². The average Bonchev–Trinajstić information content (AvgIpc) is 2.53. The van der Waals surface area contributed by atoms with Gasteiger partial charge in [0.1, 0.15) is 11.4 Å². The monoisotopic (exact) mass is 347 g/mol. The SMILES string of the molecule is CCCCCCC.CNC(=O)/C(=C/c1ccc(F)cc1)C(F)(F)F. The fourth-order valence-electron chi connectivity index (χ4n) is 1.81. The molecule has 1 rings (SSSR count). The van der Waals surface area contributed by atoms with Crippen LogP contribution < -0.4 is 5.32 Å². The van der Waals surface area contributed by atoms with Gasteiger partial charge in [0.05, 0.1) is 0 Å². The van der Waals surface area contributed by atoms with Crippen LogP contribution in [0.25, 0.3) is 6.08 Å². The number of nitrogens with one attached hydrogen (secondary N) is 1. The fraction of sp³-hybridized carbons (Fsp3) is 0.500. The molecule has 1 aromatic rings. The van der Waals surface area contributed by atoms with Crippen LogP contribution in [0.3, 0.4) is 0 Å². The van der Waals surface area contributed by atoms with Gasteiger partial charge in [-0.25, -0.2) is 4.39 Å². The molecular weight excluding hydrogens is 322 g/mol. The highest BCUT2D eigenvalue weighted by molar-refractivity contribution is 5.98. The van der Waals surface area contributed by atoms with E-state index in [2.05, 4.69) is 13.8 Å². The van der Waals surface area contributed by atoms with E-state index in [1.54, 1.807) is 0 Å². The van der Waals surface area contributed by atoms with Crippen LogP contribution >= 0.6 is 0 Å². The van der Waals surface area contributed by atoms with Crippen LogP contribution in [-0.4, -0.2) is 19.1 Å². The predicted octanol–water partition coefficient (Wildman–Crippen LogP) is 5.49. The van der Waals surface area contributed by atoms with Gasteiger partial charge in [0.15, 0.2) is 0 Å². The van der Waals surface area contributed by atoms with E-state index in [1.165, 1.54) is 32.1 Å². The molecule has 0 bridgehead atoms. The van der Waals surface area contributed by atoms with Crippen molar-refractivity contribution in [2.24, 2.45) is 0 Å². The second-order valence-electron chi connectivity index (χ2n) is 5.25. The Kier molecular flexibility index (Phi) is 10.8. The van der Waals surface area contributed by atoms with Crippen LogP contribution in [0, 0.1) is 5.82 Å². The van der Waals surface area contributed by atoms with Crippen LogP contribution in [0.4, 0.5) is 17.6 Å². The van der Waals surface area contributed by atoms with Crippen LogP contribution in [0.5, 0.6) is 0 Å². The third-order valence-corrected chi connectivity index (χ3v) is 3.17. The minimum Gasteiger partial charge on any atom is -0.355 e. The van der Waals surface area contributed by atoms with E-state index in [0.29, 0.717) is 6.08 Å². The molecule has 0 fully saturated rings. The van der Waals surface area contributed by atoms with Crippen molar-refractivity contribution in [3.8, 4) is 0 Å². The lowest BCUT2D eigenvalue weighted by Gasteiger charge is -2.10. The predicted molar refractivity (Wildman–Crippen MR) is 88.9 cm³/mol. The number of amides is 1. The van der Waals surface area contributed by atoms with Gasteiger partial charge in [0, 0.05) is 7.05 Å². The van der Waals surface area contributed by atoms with Crippen molar-refractivity contribution in [3.63, 3.8) is 0 Å². The molecule has 0 saturated heterocycles. The Morgan fingerprint density at radius 2 is 1.54 bits per heavy atom. The Hall–Kier alpha value is -1.85. The first-order chi connectivity index (χ1) is 11.3. The number of likely N-dealkylation sites (N-methyl/N-ethyl adjacent to an activating group) is 1. The lowest BCUT2D eigenvalue weighted by molar-refractivity contribution is -0.129. The number of halogens is 4. The molecule has 0 aromatic heterocycles. The van der Waals surface area contributed by atoms with Crippen molar-refractivity contribution in [2.75, 3.05) is 7.05 Å². The number of hydrogen-bond donors (Lipinski definition) is 1. The zero-order valence-corrected chi connectivity index (χ0v) is 14.3. The number of carbonyl (C=O) groups is 1. The topological polar surface area (TPSA) is 29.1 Å². The fourth-order valence-corrected chi connectivity index (χ4v) is 1.81. The number of rotatable bonds is 6. The molecule has 0 aliphatic rings. The van der Waals surface area contributed by atoms with Crippen LogP contribution in [0.15, 0.2) is 29.8 Å². The van der Waals surface area contributed by atoms with E-state index in [9.17, 15) is 22.4 Å². The minimum absolute atomic E-state index is 0.0994. The molecule has 1 aromatic carbocycles. The number of unbranched alkanes of at least 4 members (excludes halogenated alkanes) is 4. The summed E-state index contributed by atoms with van der Waals surface area (Å²) in [4.78, 5) is 11.1.